The number of nitrogens with one attached hydrogen (secondary N) is 1. The fraction of sp³-hybridized carbons (Fsp3) is 0.267. The van der Waals surface area contributed by atoms with Crippen LogP contribution in [0.1, 0.15) is 26.3 Å². The average Bonchev–Trinajstić information content (AvgIpc) is 2.79. The molecule has 0 saturated carbocycles. The number of rotatable bonds is 3. The summed E-state index contributed by atoms with van der Waals surface area (Å²) in [5.41, 5.74) is 0.972. The number of hydrogen-bond acceptors (Lipinski definition) is 2. The minimum absolute atomic E-state index is 0.759. The van der Waals surface area contributed by atoms with Crippen LogP contribution in [-0.4, -0.2) is 23.5 Å². The van der Waals surface area contributed by atoms with E-state index >= 15 is 0 Å². The Morgan fingerprint density at radius 2 is 1.89 bits per heavy atom. The predicted octanol–water partition coefficient (Wildman–Crippen LogP) is 1.63. The summed E-state index contributed by atoms with van der Waals surface area (Å²) < 4.78 is 0. The maximum Gasteiger partial charge on any atom is 0.142 e. The summed E-state index contributed by atoms with van der Waals surface area (Å²) in [6.45, 7) is 9.81. The van der Waals surface area contributed by atoms with Crippen LogP contribution < -0.4 is 10.6 Å². The third-order valence-electron chi connectivity index (χ3n) is 1.85. The SMILES string of the molecule is C=c1[nH]cc(/C=C/C=O)/c1=C/C=C\C.CC.CO. The lowest BCUT2D eigenvalue weighted by molar-refractivity contribution is -0.104. The first-order valence-corrected chi connectivity index (χ1v) is 5.85. The zero-order valence-corrected chi connectivity index (χ0v) is 11.6. The molecule has 3 nitrogen and oxygen atoms in total. The van der Waals surface area contributed by atoms with Gasteiger partial charge in [0.15, 0.2) is 0 Å². The van der Waals surface area contributed by atoms with Crippen LogP contribution in [0.25, 0.3) is 18.7 Å². The van der Waals surface area contributed by atoms with E-state index in [0.717, 1.165) is 29.5 Å². The van der Waals surface area contributed by atoms with Crippen LogP contribution >= 0.6 is 0 Å². The zero-order valence-electron chi connectivity index (χ0n) is 11.6. The molecular weight excluding hydrogens is 226 g/mol. The maximum absolute atomic E-state index is 10.2. The molecule has 100 valence electrons. The van der Waals surface area contributed by atoms with Gasteiger partial charge in [-0.15, -0.1) is 0 Å². The topological polar surface area (TPSA) is 53.1 Å². The van der Waals surface area contributed by atoms with Gasteiger partial charge in [-0.05, 0) is 24.6 Å². The number of aromatic amines is 1. The Morgan fingerprint density at radius 1 is 1.28 bits per heavy atom. The summed E-state index contributed by atoms with van der Waals surface area (Å²) in [6.07, 6.45) is 11.7. The van der Waals surface area contributed by atoms with Crippen molar-refractivity contribution < 1.29 is 9.90 Å². The van der Waals surface area contributed by atoms with Crippen molar-refractivity contribution >= 4 is 25.0 Å². The van der Waals surface area contributed by atoms with E-state index in [9.17, 15) is 4.79 Å². The molecular formula is C15H23NO2. The van der Waals surface area contributed by atoms with Gasteiger partial charge in [-0.3, -0.25) is 4.79 Å². The number of carbonyl (C=O) groups excluding carboxylic acids is 1. The van der Waals surface area contributed by atoms with Crippen molar-refractivity contribution in [2.45, 2.75) is 20.8 Å². The van der Waals surface area contributed by atoms with Crippen LogP contribution in [-0.2, 0) is 4.79 Å². The van der Waals surface area contributed by atoms with E-state index in [4.69, 9.17) is 5.11 Å². The van der Waals surface area contributed by atoms with Gasteiger partial charge in [0.1, 0.15) is 6.29 Å². The van der Waals surface area contributed by atoms with Gasteiger partial charge in [0.2, 0.25) is 0 Å². The first-order chi connectivity index (χ1) is 8.79. The Kier molecular flexibility index (Phi) is 13.6. The molecule has 0 aliphatic carbocycles. The molecule has 0 spiro atoms. The Labute approximate surface area is 109 Å². The van der Waals surface area contributed by atoms with E-state index < -0.39 is 0 Å². The summed E-state index contributed by atoms with van der Waals surface area (Å²) in [6, 6.07) is 0. The number of carbonyl (C=O) groups is 1. The molecule has 1 aromatic heterocycles. The van der Waals surface area contributed by atoms with Gasteiger partial charge in [-0.2, -0.15) is 0 Å². The minimum atomic E-state index is 0.759. The smallest absolute Gasteiger partial charge is 0.142 e. The summed E-state index contributed by atoms with van der Waals surface area (Å²) in [5.74, 6) is 0. The molecule has 0 bridgehead atoms. The van der Waals surface area contributed by atoms with Crippen molar-refractivity contribution in [2.24, 2.45) is 0 Å². The quantitative estimate of drug-likeness (QED) is 0.632. The van der Waals surface area contributed by atoms with Crippen LogP contribution in [0.5, 0.6) is 0 Å². The molecule has 1 heterocycles. The molecule has 0 aliphatic rings. The second-order valence-corrected chi connectivity index (χ2v) is 2.82. The molecule has 0 saturated heterocycles. The van der Waals surface area contributed by atoms with Crippen LogP contribution in [0.3, 0.4) is 0 Å². The average molecular weight is 249 g/mol. The van der Waals surface area contributed by atoms with Gasteiger partial charge >= 0.3 is 0 Å². The Bertz CT molecular complexity index is 467. The largest absolute Gasteiger partial charge is 0.400 e. The molecule has 0 unspecified atom stereocenters. The van der Waals surface area contributed by atoms with Crippen LogP contribution in [0.4, 0.5) is 0 Å². The molecule has 18 heavy (non-hydrogen) atoms. The molecule has 0 radical (unpaired) electrons. The number of aromatic nitrogens is 1. The fourth-order valence-electron chi connectivity index (χ4n) is 1.16. The molecule has 0 aromatic carbocycles. The van der Waals surface area contributed by atoms with E-state index in [0.29, 0.717) is 0 Å². The van der Waals surface area contributed by atoms with E-state index in [1.165, 1.54) is 6.08 Å². The minimum Gasteiger partial charge on any atom is -0.400 e. The van der Waals surface area contributed by atoms with Crippen molar-refractivity contribution in [3.8, 4) is 0 Å². The maximum atomic E-state index is 10.2. The van der Waals surface area contributed by atoms with E-state index in [1.54, 1.807) is 6.08 Å². The summed E-state index contributed by atoms with van der Waals surface area (Å²) in [7, 11) is 1.00. The monoisotopic (exact) mass is 249 g/mol. The van der Waals surface area contributed by atoms with Crippen molar-refractivity contribution in [2.75, 3.05) is 7.11 Å². The fourth-order valence-corrected chi connectivity index (χ4v) is 1.16. The Morgan fingerprint density at radius 3 is 2.39 bits per heavy atom. The van der Waals surface area contributed by atoms with Gasteiger partial charge < -0.3 is 10.1 Å². The third-order valence-corrected chi connectivity index (χ3v) is 1.85. The lowest BCUT2D eigenvalue weighted by Crippen LogP contribution is -2.21. The number of hydrogen-bond donors (Lipinski definition) is 2. The summed E-state index contributed by atoms with van der Waals surface area (Å²) >= 11 is 0. The Balaban J connectivity index is 0. The van der Waals surface area contributed by atoms with E-state index in [1.807, 2.05) is 45.2 Å². The molecule has 0 amide bonds. The lowest BCUT2D eigenvalue weighted by atomic mass is 10.2. The number of H-pyrrole nitrogens is 1. The van der Waals surface area contributed by atoms with Gasteiger partial charge in [0.05, 0.1) is 0 Å². The van der Waals surface area contributed by atoms with Crippen molar-refractivity contribution in [3.63, 3.8) is 0 Å². The summed E-state index contributed by atoms with van der Waals surface area (Å²) in [5, 5.41) is 8.87. The van der Waals surface area contributed by atoms with Crippen molar-refractivity contribution in [1.29, 1.82) is 0 Å². The number of allylic oxidation sites excluding steroid dienone is 3. The van der Waals surface area contributed by atoms with E-state index in [-0.39, 0.29) is 0 Å². The standard InChI is InChI=1S/C12H13NO.C2H6.CH4O/c1-3-4-7-12-10(2)13-9-11(12)6-5-8-14;2*1-2/h3-9,13H,2H2,1H3;1-2H3;2H,1H3/b4-3-,6-5+,12-7+;;. The predicted molar refractivity (Wildman–Crippen MR) is 79.4 cm³/mol. The normalized spacial score (nSPS) is 10.8. The zero-order chi connectivity index (χ0) is 14.4. The van der Waals surface area contributed by atoms with E-state index in [2.05, 4.69) is 11.6 Å². The van der Waals surface area contributed by atoms with Crippen molar-refractivity contribution in [1.82, 2.24) is 4.98 Å². The molecule has 0 atom stereocenters. The van der Waals surface area contributed by atoms with Crippen LogP contribution in [0.2, 0.25) is 0 Å². The van der Waals surface area contributed by atoms with Gasteiger partial charge in [-0.25, -0.2) is 0 Å². The van der Waals surface area contributed by atoms with Gasteiger partial charge in [0, 0.05) is 23.9 Å². The first-order valence-electron chi connectivity index (χ1n) is 5.85. The number of aldehydes is 1. The second kappa shape index (κ2) is 13.2. The van der Waals surface area contributed by atoms with Gasteiger partial charge in [-0.1, -0.05) is 38.7 Å². The highest BCUT2D eigenvalue weighted by Gasteiger charge is 1.91. The van der Waals surface area contributed by atoms with Crippen LogP contribution in [0, 0.1) is 0 Å². The molecule has 1 aromatic rings. The summed E-state index contributed by atoms with van der Waals surface area (Å²) in [4.78, 5) is 13.2. The molecule has 3 heteroatoms. The first kappa shape index (κ1) is 18.5. The second-order valence-electron chi connectivity index (χ2n) is 2.82. The lowest BCUT2D eigenvalue weighted by Gasteiger charge is -1.82. The highest BCUT2D eigenvalue weighted by molar-refractivity contribution is 5.74. The molecule has 1 rings (SSSR count). The highest BCUT2D eigenvalue weighted by Crippen LogP contribution is 1.89. The number of aliphatic hydroxyl groups is 1. The van der Waals surface area contributed by atoms with Gasteiger partial charge in [0.25, 0.3) is 0 Å². The third kappa shape index (κ3) is 6.66. The number of aliphatic hydroxyl groups excluding tert-OH is 1. The molecule has 0 fully saturated rings. The molecule has 0 aliphatic heterocycles. The highest BCUT2D eigenvalue weighted by atomic mass is 16.2. The molecule has 2 N–H and O–H groups in total. The Hall–Kier alpha value is -1.87. The van der Waals surface area contributed by atoms with Crippen molar-refractivity contribution in [3.05, 3.63) is 40.6 Å². The van der Waals surface area contributed by atoms with Crippen LogP contribution in [0.15, 0.2) is 24.4 Å².